The van der Waals surface area contributed by atoms with Crippen LogP contribution in [0.5, 0.6) is 0 Å². The lowest BCUT2D eigenvalue weighted by atomic mass is 10.1. The largest absolute Gasteiger partial charge is 0.324 e. The van der Waals surface area contributed by atoms with Crippen molar-refractivity contribution < 1.29 is 4.92 Å². The van der Waals surface area contributed by atoms with Crippen LogP contribution in [-0.2, 0) is 6.54 Å². The first-order chi connectivity index (χ1) is 9.93. The number of nitrogens with two attached hydrogens (primary N) is 1. The topological polar surface area (TPSA) is 104 Å². The SMILES string of the molecule is CCn1nc(-c2ccc([N+](=O)[O-])cc2)cc(C(C)N)c1=O. The number of nitro benzene ring substituents is 1. The van der Waals surface area contributed by atoms with Crippen LogP contribution in [0.2, 0.25) is 0 Å². The van der Waals surface area contributed by atoms with Gasteiger partial charge in [0.05, 0.1) is 10.6 Å². The summed E-state index contributed by atoms with van der Waals surface area (Å²) in [6.07, 6.45) is 0. The second-order valence-electron chi connectivity index (χ2n) is 4.70. The molecule has 110 valence electrons. The Morgan fingerprint density at radius 2 is 2.00 bits per heavy atom. The summed E-state index contributed by atoms with van der Waals surface area (Å²) in [5.74, 6) is 0. The minimum Gasteiger partial charge on any atom is -0.324 e. The lowest BCUT2D eigenvalue weighted by Gasteiger charge is -2.11. The molecule has 0 spiro atoms. The molecule has 0 aliphatic heterocycles. The van der Waals surface area contributed by atoms with E-state index in [0.29, 0.717) is 23.4 Å². The molecular weight excluding hydrogens is 272 g/mol. The molecule has 0 aliphatic carbocycles. The van der Waals surface area contributed by atoms with Gasteiger partial charge in [0.25, 0.3) is 11.2 Å². The molecule has 2 rings (SSSR count). The molecule has 1 unspecified atom stereocenters. The van der Waals surface area contributed by atoms with E-state index in [1.54, 1.807) is 25.1 Å². The maximum atomic E-state index is 12.1. The van der Waals surface area contributed by atoms with Gasteiger partial charge in [0.2, 0.25) is 0 Å². The number of rotatable bonds is 4. The summed E-state index contributed by atoms with van der Waals surface area (Å²) >= 11 is 0. The average molecular weight is 288 g/mol. The monoisotopic (exact) mass is 288 g/mol. The van der Waals surface area contributed by atoms with Gasteiger partial charge in [-0.15, -0.1) is 0 Å². The highest BCUT2D eigenvalue weighted by atomic mass is 16.6. The van der Waals surface area contributed by atoms with E-state index in [9.17, 15) is 14.9 Å². The van der Waals surface area contributed by atoms with Crippen molar-refractivity contribution in [1.82, 2.24) is 9.78 Å². The molecule has 0 amide bonds. The van der Waals surface area contributed by atoms with Crippen molar-refractivity contribution in [2.45, 2.75) is 26.4 Å². The van der Waals surface area contributed by atoms with Gasteiger partial charge < -0.3 is 5.73 Å². The Hall–Kier alpha value is -2.54. The molecule has 7 nitrogen and oxygen atoms in total. The minimum absolute atomic E-state index is 0.00924. The Balaban J connectivity index is 2.55. The first kappa shape index (κ1) is 14.9. The first-order valence-electron chi connectivity index (χ1n) is 6.56. The van der Waals surface area contributed by atoms with E-state index < -0.39 is 11.0 Å². The number of hydrogen-bond acceptors (Lipinski definition) is 5. The molecule has 0 fully saturated rings. The number of benzene rings is 1. The van der Waals surface area contributed by atoms with Crippen molar-refractivity contribution >= 4 is 5.69 Å². The number of aromatic nitrogens is 2. The van der Waals surface area contributed by atoms with Crippen LogP contribution in [0.15, 0.2) is 35.1 Å². The smallest absolute Gasteiger partial charge is 0.271 e. The highest BCUT2D eigenvalue weighted by Gasteiger charge is 2.13. The number of hydrogen-bond donors (Lipinski definition) is 1. The fourth-order valence-electron chi connectivity index (χ4n) is 2.00. The van der Waals surface area contributed by atoms with Gasteiger partial charge >= 0.3 is 0 Å². The van der Waals surface area contributed by atoms with Gasteiger partial charge in [0.15, 0.2) is 0 Å². The van der Waals surface area contributed by atoms with Gasteiger partial charge in [-0.05, 0) is 32.0 Å². The average Bonchev–Trinajstić information content (AvgIpc) is 2.47. The molecule has 2 aromatic rings. The Morgan fingerprint density at radius 1 is 1.38 bits per heavy atom. The van der Waals surface area contributed by atoms with E-state index in [0.717, 1.165) is 0 Å². The van der Waals surface area contributed by atoms with Crippen molar-refractivity contribution in [3.05, 3.63) is 56.4 Å². The fourth-order valence-corrected chi connectivity index (χ4v) is 2.00. The molecule has 7 heteroatoms. The Kier molecular flexibility index (Phi) is 4.13. The van der Waals surface area contributed by atoms with Crippen LogP contribution in [0.4, 0.5) is 5.69 Å². The molecule has 0 saturated heterocycles. The molecule has 1 aromatic heterocycles. The fraction of sp³-hybridized carbons (Fsp3) is 0.286. The lowest BCUT2D eigenvalue weighted by Crippen LogP contribution is -2.29. The van der Waals surface area contributed by atoms with E-state index in [1.165, 1.54) is 16.8 Å². The molecule has 1 aromatic carbocycles. The van der Waals surface area contributed by atoms with Crippen LogP contribution in [-0.4, -0.2) is 14.7 Å². The first-order valence-corrected chi connectivity index (χ1v) is 6.56. The predicted octanol–water partition coefficient (Wildman–Crippen LogP) is 1.86. The second kappa shape index (κ2) is 5.84. The van der Waals surface area contributed by atoms with E-state index in [-0.39, 0.29) is 11.2 Å². The summed E-state index contributed by atoms with van der Waals surface area (Å²) in [4.78, 5) is 22.3. The molecule has 2 N–H and O–H groups in total. The third-order valence-corrected chi connectivity index (χ3v) is 3.17. The molecule has 1 atom stereocenters. The van der Waals surface area contributed by atoms with Crippen molar-refractivity contribution in [2.75, 3.05) is 0 Å². The highest BCUT2D eigenvalue weighted by molar-refractivity contribution is 5.61. The van der Waals surface area contributed by atoms with Gasteiger partial charge in [0.1, 0.15) is 0 Å². The summed E-state index contributed by atoms with van der Waals surface area (Å²) in [5.41, 5.74) is 7.36. The zero-order valence-electron chi connectivity index (χ0n) is 11.8. The molecule has 0 radical (unpaired) electrons. The zero-order valence-corrected chi connectivity index (χ0v) is 11.8. The molecule has 1 heterocycles. The van der Waals surface area contributed by atoms with E-state index in [1.807, 2.05) is 6.92 Å². The van der Waals surface area contributed by atoms with Gasteiger partial charge in [-0.1, -0.05) is 0 Å². The van der Waals surface area contributed by atoms with Crippen molar-refractivity contribution in [3.8, 4) is 11.3 Å². The van der Waals surface area contributed by atoms with Crippen LogP contribution < -0.4 is 11.3 Å². The summed E-state index contributed by atoms with van der Waals surface area (Å²) in [6.45, 7) is 3.98. The summed E-state index contributed by atoms with van der Waals surface area (Å²) in [5, 5.41) is 14.9. The van der Waals surface area contributed by atoms with Crippen LogP contribution in [0.25, 0.3) is 11.3 Å². The maximum Gasteiger partial charge on any atom is 0.271 e. The number of non-ortho nitro benzene ring substituents is 1. The van der Waals surface area contributed by atoms with Crippen molar-refractivity contribution in [2.24, 2.45) is 5.73 Å². The third kappa shape index (κ3) is 2.97. The van der Waals surface area contributed by atoms with E-state index in [4.69, 9.17) is 5.73 Å². The molecule has 0 saturated carbocycles. The molecular formula is C14H16N4O3. The summed E-state index contributed by atoms with van der Waals surface area (Å²) in [7, 11) is 0. The molecule has 21 heavy (non-hydrogen) atoms. The number of nitro groups is 1. The van der Waals surface area contributed by atoms with Crippen LogP contribution in [0, 0.1) is 10.1 Å². The Bertz CT molecular complexity index is 720. The van der Waals surface area contributed by atoms with Crippen molar-refractivity contribution in [3.63, 3.8) is 0 Å². The normalized spacial score (nSPS) is 12.1. The molecule has 0 bridgehead atoms. The summed E-state index contributed by atoms with van der Waals surface area (Å²) < 4.78 is 1.34. The van der Waals surface area contributed by atoms with Crippen molar-refractivity contribution in [1.29, 1.82) is 0 Å². The van der Waals surface area contributed by atoms with Gasteiger partial charge in [-0.2, -0.15) is 5.10 Å². The third-order valence-electron chi connectivity index (χ3n) is 3.17. The van der Waals surface area contributed by atoms with Gasteiger partial charge in [-0.3, -0.25) is 14.9 Å². The summed E-state index contributed by atoms with van der Waals surface area (Å²) in [6, 6.07) is 7.26. The van der Waals surface area contributed by atoms with Crippen LogP contribution in [0.3, 0.4) is 0 Å². The standard InChI is InChI=1S/C14H16N4O3/c1-3-17-14(19)12(9(2)15)8-13(16-17)10-4-6-11(7-5-10)18(20)21/h4-9H,3,15H2,1-2H3. The maximum absolute atomic E-state index is 12.1. The minimum atomic E-state index is -0.461. The van der Waals surface area contributed by atoms with Gasteiger partial charge in [0, 0.05) is 35.8 Å². The van der Waals surface area contributed by atoms with E-state index in [2.05, 4.69) is 5.10 Å². The Morgan fingerprint density at radius 3 is 2.48 bits per heavy atom. The Labute approximate surface area is 121 Å². The highest BCUT2D eigenvalue weighted by Crippen LogP contribution is 2.21. The number of aryl methyl sites for hydroxylation is 1. The lowest BCUT2D eigenvalue weighted by molar-refractivity contribution is -0.384. The van der Waals surface area contributed by atoms with Crippen LogP contribution >= 0.6 is 0 Å². The zero-order chi connectivity index (χ0) is 15.6. The number of nitrogens with zero attached hydrogens (tertiary/aromatic N) is 3. The van der Waals surface area contributed by atoms with Crippen LogP contribution in [0.1, 0.15) is 25.5 Å². The second-order valence-corrected chi connectivity index (χ2v) is 4.70. The predicted molar refractivity (Wildman–Crippen MR) is 78.9 cm³/mol. The van der Waals surface area contributed by atoms with Gasteiger partial charge in [-0.25, -0.2) is 4.68 Å². The molecule has 0 aliphatic rings. The quantitative estimate of drug-likeness (QED) is 0.683. The van der Waals surface area contributed by atoms with E-state index >= 15 is 0 Å².